The van der Waals surface area contributed by atoms with Gasteiger partial charge in [-0.25, -0.2) is 4.90 Å². The van der Waals surface area contributed by atoms with Crippen molar-refractivity contribution in [1.29, 1.82) is 0 Å². The molecule has 0 saturated carbocycles. The zero-order valence-corrected chi connectivity index (χ0v) is 15.2. The lowest BCUT2D eigenvalue weighted by Crippen LogP contribution is -2.27. The first kappa shape index (κ1) is 17.7. The Morgan fingerprint density at radius 1 is 1.20 bits per heavy atom. The van der Waals surface area contributed by atoms with Gasteiger partial charge in [0.25, 0.3) is 11.1 Å². The highest BCUT2D eigenvalue weighted by Gasteiger charge is 2.36. The number of nitrogens with zero attached hydrogens (tertiary/aromatic N) is 1. The molecule has 3 rings (SSSR count). The molecule has 0 bridgehead atoms. The molecule has 0 aromatic heterocycles. The maximum Gasteiger partial charge on any atom is 0.298 e. The molecule has 8 heteroatoms. The van der Waals surface area contributed by atoms with Gasteiger partial charge < -0.3 is 9.84 Å². The minimum absolute atomic E-state index is 0.0830. The summed E-state index contributed by atoms with van der Waals surface area (Å²) in [5.41, 5.74) is 0.927. The molecule has 0 aliphatic carbocycles. The molecule has 1 aliphatic rings. The normalized spacial score (nSPS) is 16.0. The maximum atomic E-state index is 12.6. The lowest BCUT2D eigenvalue weighted by atomic mass is 10.1. The number of methoxy groups -OCH3 is 1. The summed E-state index contributed by atoms with van der Waals surface area (Å²) in [7, 11) is 1.39. The average Bonchev–Trinajstić information content (AvgIpc) is 2.84. The van der Waals surface area contributed by atoms with Gasteiger partial charge in [-0.15, -0.1) is 0 Å². The first-order chi connectivity index (χ1) is 11.9. The minimum Gasteiger partial charge on any atom is -0.503 e. The fraction of sp³-hybridized carbons (Fsp3) is 0.0588. The molecule has 1 saturated heterocycles. The van der Waals surface area contributed by atoms with Gasteiger partial charge in [-0.3, -0.25) is 9.59 Å². The van der Waals surface area contributed by atoms with Crippen LogP contribution in [0, 0.1) is 0 Å². The topological polar surface area (TPSA) is 66.8 Å². The van der Waals surface area contributed by atoms with Gasteiger partial charge in [0.05, 0.1) is 22.7 Å². The Balaban J connectivity index is 1.97. The number of benzene rings is 2. The van der Waals surface area contributed by atoms with Crippen LogP contribution in [0.15, 0.2) is 41.3 Å². The van der Waals surface area contributed by atoms with Gasteiger partial charge >= 0.3 is 0 Å². The van der Waals surface area contributed by atoms with Crippen LogP contribution in [-0.2, 0) is 4.79 Å². The molecule has 5 nitrogen and oxygen atoms in total. The third-order valence-electron chi connectivity index (χ3n) is 3.43. The molecule has 0 atom stereocenters. The van der Waals surface area contributed by atoms with Crippen LogP contribution in [0.1, 0.15) is 5.56 Å². The van der Waals surface area contributed by atoms with E-state index in [0.717, 1.165) is 16.7 Å². The Bertz CT molecular complexity index is 914. The number of hydrogen-bond acceptors (Lipinski definition) is 5. The van der Waals surface area contributed by atoms with Gasteiger partial charge in [0.1, 0.15) is 0 Å². The Hall–Kier alpha value is -2.15. The summed E-state index contributed by atoms with van der Waals surface area (Å²) in [5, 5.41) is 9.86. The second-order valence-corrected chi connectivity index (χ2v) is 6.89. The lowest BCUT2D eigenvalue weighted by Gasteiger charge is -2.12. The van der Waals surface area contributed by atoms with E-state index in [1.54, 1.807) is 24.3 Å². The van der Waals surface area contributed by atoms with Crippen LogP contribution < -0.4 is 9.64 Å². The fourth-order valence-corrected chi connectivity index (χ4v) is 3.53. The van der Waals surface area contributed by atoms with E-state index >= 15 is 0 Å². The molecule has 25 heavy (non-hydrogen) atoms. The van der Waals surface area contributed by atoms with Gasteiger partial charge in [-0.1, -0.05) is 29.3 Å². The van der Waals surface area contributed by atoms with E-state index in [4.69, 9.17) is 27.9 Å². The standard InChI is InChI=1S/C17H11Cl2NO4S/c1-24-13-6-9(5-12(19)15(13)21)7-14-16(22)20(17(23)25-14)11-4-2-3-10(18)8-11/h2-8,21H,1H3/b14-7+. The van der Waals surface area contributed by atoms with Crippen molar-refractivity contribution in [3.8, 4) is 11.5 Å². The predicted octanol–water partition coefficient (Wildman–Crippen LogP) is 4.95. The van der Waals surface area contributed by atoms with Crippen molar-refractivity contribution < 1.29 is 19.4 Å². The summed E-state index contributed by atoms with van der Waals surface area (Å²) in [6.45, 7) is 0. The second-order valence-electron chi connectivity index (χ2n) is 5.05. The number of ether oxygens (including phenoxy) is 1. The maximum absolute atomic E-state index is 12.6. The summed E-state index contributed by atoms with van der Waals surface area (Å²) in [4.78, 5) is 26.1. The lowest BCUT2D eigenvalue weighted by molar-refractivity contribution is -0.113. The van der Waals surface area contributed by atoms with Gasteiger partial charge in [0.15, 0.2) is 11.5 Å². The number of carbonyl (C=O) groups is 2. The highest BCUT2D eigenvalue weighted by Crippen LogP contribution is 2.39. The Morgan fingerprint density at radius 2 is 1.96 bits per heavy atom. The van der Waals surface area contributed by atoms with Crippen LogP contribution in [0.2, 0.25) is 10.0 Å². The largest absolute Gasteiger partial charge is 0.503 e. The SMILES string of the molecule is COc1cc(/C=C2/SC(=O)N(c3cccc(Cl)c3)C2=O)cc(Cl)c1O. The molecule has 1 aliphatic heterocycles. The van der Waals surface area contributed by atoms with E-state index < -0.39 is 11.1 Å². The molecule has 1 N–H and O–H groups in total. The first-order valence-corrected chi connectivity index (χ1v) is 8.58. The van der Waals surface area contributed by atoms with Crippen LogP contribution in [0.3, 0.4) is 0 Å². The van der Waals surface area contributed by atoms with E-state index in [1.807, 2.05) is 0 Å². The van der Waals surface area contributed by atoms with E-state index in [2.05, 4.69) is 0 Å². The van der Waals surface area contributed by atoms with Crippen molar-refractivity contribution in [2.45, 2.75) is 0 Å². The van der Waals surface area contributed by atoms with Crippen LogP contribution in [0.4, 0.5) is 10.5 Å². The number of imide groups is 1. The van der Waals surface area contributed by atoms with Crippen LogP contribution in [0.25, 0.3) is 6.08 Å². The van der Waals surface area contributed by atoms with Gasteiger partial charge in [0, 0.05) is 5.02 Å². The molecule has 0 radical (unpaired) electrons. The number of aromatic hydroxyl groups is 1. The molecule has 0 unspecified atom stereocenters. The highest BCUT2D eigenvalue weighted by molar-refractivity contribution is 8.19. The number of amides is 2. The summed E-state index contributed by atoms with van der Waals surface area (Å²) < 4.78 is 5.04. The number of anilines is 1. The molecule has 128 valence electrons. The van der Waals surface area contributed by atoms with Crippen molar-refractivity contribution >= 4 is 57.9 Å². The van der Waals surface area contributed by atoms with Crippen molar-refractivity contribution in [3.05, 3.63) is 56.9 Å². The average molecular weight is 396 g/mol. The van der Waals surface area contributed by atoms with E-state index in [-0.39, 0.29) is 21.4 Å². The van der Waals surface area contributed by atoms with Crippen LogP contribution >= 0.6 is 35.0 Å². The zero-order valence-electron chi connectivity index (χ0n) is 12.8. The second kappa shape index (κ2) is 7.00. The minimum atomic E-state index is -0.458. The number of hydrogen-bond donors (Lipinski definition) is 1. The van der Waals surface area contributed by atoms with Gasteiger partial charge in [-0.05, 0) is 53.7 Å². The number of halogens is 2. The number of carbonyl (C=O) groups excluding carboxylic acids is 2. The molecule has 1 heterocycles. The smallest absolute Gasteiger partial charge is 0.298 e. The molecule has 2 amide bonds. The van der Waals surface area contributed by atoms with E-state index in [1.165, 1.54) is 25.3 Å². The first-order valence-electron chi connectivity index (χ1n) is 7.00. The Labute approximate surface area is 157 Å². The molecular formula is C17H11Cl2NO4S. The molecule has 1 fully saturated rings. The third-order valence-corrected chi connectivity index (χ3v) is 4.82. The highest BCUT2D eigenvalue weighted by atomic mass is 35.5. The van der Waals surface area contributed by atoms with E-state index in [0.29, 0.717) is 16.3 Å². The monoisotopic (exact) mass is 395 g/mol. The van der Waals surface area contributed by atoms with Crippen molar-refractivity contribution in [2.24, 2.45) is 0 Å². The third kappa shape index (κ3) is 3.46. The predicted molar refractivity (Wildman–Crippen MR) is 99.6 cm³/mol. The fourth-order valence-electron chi connectivity index (χ4n) is 2.29. The van der Waals surface area contributed by atoms with Gasteiger partial charge in [-0.2, -0.15) is 0 Å². The van der Waals surface area contributed by atoms with Crippen molar-refractivity contribution in [1.82, 2.24) is 0 Å². The molecule has 0 spiro atoms. The Kier molecular flexibility index (Phi) is 4.94. The number of rotatable bonds is 3. The quantitative estimate of drug-likeness (QED) is 0.744. The van der Waals surface area contributed by atoms with Crippen molar-refractivity contribution in [2.75, 3.05) is 12.0 Å². The summed E-state index contributed by atoms with van der Waals surface area (Å²) in [6.07, 6.45) is 1.52. The molecule has 2 aromatic rings. The molecule has 2 aromatic carbocycles. The van der Waals surface area contributed by atoms with E-state index in [9.17, 15) is 14.7 Å². The van der Waals surface area contributed by atoms with Crippen LogP contribution in [0.5, 0.6) is 11.5 Å². The number of thioether (sulfide) groups is 1. The number of phenolic OH excluding ortho intramolecular Hbond substituents is 1. The van der Waals surface area contributed by atoms with Crippen molar-refractivity contribution in [3.63, 3.8) is 0 Å². The van der Waals surface area contributed by atoms with Crippen LogP contribution in [-0.4, -0.2) is 23.4 Å². The summed E-state index contributed by atoms with van der Waals surface area (Å²) in [6, 6.07) is 9.49. The summed E-state index contributed by atoms with van der Waals surface area (Å²) in [5.74, 6) is -0.471. The Morgan fingerprint density at radius 3 is 2.64 bits per heavy atom. The van der Waals surface area contributed by atoms with Gasteiger partial charge in [0.2, 0.25) is 0 Å². The number of phenols is 1. The summed E-state index contributed by atoms with van der Waals surface area (Å²) >= 11 is 12.7. The molecular weight excluding hydrogens is 385 g/mol. The zero-order chi connectivity index (χ0) is 18.1.